The number of H-pyrrole nitrogens is 1. The molecule has 1 amide bonds. The molecule has 24 heavy (non-hydrogen) atoms. The van der Waals surface area contributed by atoms with Crippen LogP contribution in [0.25, 0.3) is 11.3 Å². The average molecular weight is 327 g/mol. The molecule has 2 heterocycles. The van der Waals surface area contributed by atoms with Crippen molar-refractivity contribution in [3.8, 4) is 11.3 Å². The van der Waals surface area contributed by atoms with E-state index < -0.39 is 5.60 Å². The SMILES string of the molecule is CC(C)(C)OC(=O)N1CCC[C@H](c2cc(-c3ccccc3)n[nH]2)C1. The van der Waals surface area contributed by atoms with Crippen LogP contribution in [0.1, 0.15) is 45.2 Å². The minimum absolute atomic E-state index is 0.227. The Morgan fingerprint density at radius 2 is 2.04 bits per heavy atom. The Hall–Kier alpha value is -2.30. The Kier molecular flexibility index (Phi) is 4.60. The van der Waals surface area contributed by atoms with Gasteiger partial charge in [-0.25, -0.2) is 4.79 Å². The first kappa shape index (κ1) is 16.6. The Labute approximate surface area is 143 Å². The molecule has 1 saturated heterocycles. The molecule has 0 saturated carbocycles. The van der Waals surface area contributed by atoms with Gasteiger partial charge < -0.3 is 9.64 Å². The topological polar surface area (TPSA) is 58.2 Å². The van der Waals surface area contributed by atoms with E-state index in [0.29, 0.717) is 6.54 Å². The van der Waals surface area contributed by atoms with E-state index in [9.17, 15) is 4.79 Å². The molecule has 5 nitrogen and oxygen atoms in total. The van der Waals surface area contributed by atoms with Gasteiger partial charge in [0.25, 0.3) is 0 Å². The molecule has 1 aliphatic heterocycles. The van der Waals surface area contributed by atoms with Crippen molar-refractivity contribution in [3.63, 3.8) is 0 Å². The highest BCUT2D eigenvalue weighted by Crippen LogP contribution is 2.29. The van der Waals surface area contributed by atoms with Crippen LogP contribution in [-0.2, 0) is 4.74 Å². The van der Waals surface area contributed by atoms with Crippen molar-refractivity contribution in [1.82, 2.24) is 15.1 Å². The van der Waals surface area contributed by atoms with Gasteiger partial charge in [0.05, 0.1) is 5.69 Å². The van der Waals surface area contributed by atoms with Gasteiger partial charge in [-0.15, -0.1) is 0 Å². The molecule has 1 atom stereocenters. The predicted molar refractivity (Wildman–Crippen MR) is 93.8 cm³/mol. The lowest BCUT2D eigenvalue weighted by atomic mass is 9.94. The maximum atomic E-state index is 12.3. The van der Waals surface area contributed by atoms with E-state index in [-0.39, 0.29) is 12.0 Å². The van der Waals surface area contributed by atoms with E-state index in [4.69, 9.17) is 4.74 Å². The van der Waals surface area contributed by atoms with Crippen molar-refractivity contribution in [2.24, 2.45) is 0 Å². The number of nitrogens with zero attached hydrogens (tertiary/aromatic N) is 2. The third-order valence-corrected chi connectivity index (χ3v) is 4.18. The third-order valence-electron chi connectivity index (χ3n) is 4.18. The summed E-state index contributed by atoms with van der Waals surface area (Å²) in [5.41, 5.74) is 2.67. The van der Waals surface area contributed by atoms with Gasteiger partial charge in [0.2, 0.25) is 0 Å². The van der Waals surface area contributed by atoms with Crippen LogP contribution in [0.5, 0.6) is 0 Å². The first-order chi connectivity index (χ1) is 11.4. The normalized spacial score (nSPS) is 18.5. The molecule has 0 radical (unpaired) electrons. The number of benzene rings is 1. The second-order valence-electron chi connectivity index (χ2n) is 7.34. The molecule has 0 bridgehead atoms. The number of hydrogen-bond donors (Lipinski definition) is 1. The maximum absolute atomic E-state index is 12.3. The van der Waals surface area contributed by atoms with Gasteiger partial charge in [-0.05, 0) is 39.7 Å². The zero-order chi connectivity index (χ0) is 17.2. The monoisotopic (exact) mass is 327 g/mol. The highest BCUT2D eigenvalue weighted by molar-refractivity contribution is 5.68. The molecule has 0 unspecified atom stereocenters. The lowest BCUT2D eigenvalue weighted by molar-refractivity contribution is 0.0197. The minimum Gasteiger partial charge on any atom is -0.444 e. The lowest BCUT2D eigenvalue weighted by Crippen LogP contribution is -2.42. The van der Waals surface area contributed by atoms with Gasteiger partial charge >= 0.3 is 6.09 Å². The van der Waals surface area contributed by atoms with Crippen LogP contribution in [0.3, 0.4) is 0 Å². The summed E-state index contributed by atoms with van der Waals surface area (Å²) in [7, 11) is 0. The van der Waals surface area contributed by atoms with Gasteiger partial charge in [-0.3, -0.25) is 5.10 Å². The summed E-state index contributed by atoms with van der Waals surface area (Å²) in [5.74, 6) is 0.274. The van der Waals surface area contributed by atoms with Gasteiger partial charge in [0.1, 0.15) is 5.60 Å². The molecule has 1 fully saturated rings. The quantitative estimate of drug-likeness (QED) is 0.899. The summed E-state index contributed by atoms with van der Waals surface area (Å²) in [6.45, 7) is 7.12. The van der Waals surface area contributed by atoms with Crippen molar-refractivity contribution >= 4 is 6.09 Å². The lowest BCUT2D eigenvalue weighted by Gasteiger charge is -2.33. The van der Waals surface area contributed by atoms with Crippen LogP contribution < -0.4 is 0 Å². The molecule has 0 aliphatic carbocycles. The number of ether oxygens (including phenoxy) is 1. The van der Waals surface area contributed by atoms with E-state index in [2.05, 4.69) is 16.3 Å². The zero-order valence-corrected chi connectivity index (χ0v) is 14.6. The van der Waals surface area contributed by atoms with Crippen LogP contribution in [0.15, 0.2) is 36.4 Å². The highest BCUT2D eigenvalue weighted by atomic mass is 16.6. The summed E-state index contributed by atoms with van der Waals surface area (Å²) >= 11 is 0. The van der Waals surface area contributed by atoms with Crippen molar-refractivity contribution in [1.29, 1.82) is 0 Å². The molecule has 0 spiro atoms. The molecular weight excluding hydrogens is 302 g/mol. The van der Waals surface area contributed by atoms with Crippen LogP contribution in [0.4, 0.5) is 4.79 Å². The number of carbonyl (C=O) groups excluding carboxylic acids is 1. The number of likely N-dealkylation sites (tertiary alicyclic amines) is 1. The largest absolute Gasteiger partial charge is 0.444 e. The smallest absolute Gasteiger partial charge is 0.410 e. The zero-order valence-electron chi connectivity index (χ0n) is 14.6. The number of piperidine rings is 1. The van der Waals surface area contributed by atoms with Gasteiger partial charge in [0, 0.05) is 30.3 Å². The van der Waals surface area contributed by atoms with E-state index >= 15 is 0 Å². The number of rotatable bonds is 2. The van der Waals surface area contributed by atoms with E-state index in [1.165, 1.54) is 0 Å². The van der Waals surface area contributed by atoms with Gasteiger partial charge in [0.15, 0.2) is 0 Å². The minimum atomic E-state index is -0.460. The average Bonchev–Trinajstić information content (AvgIpc) is 3.04. The standard InChI is InChI=1S/C19H25N3O2/c1-19(2,3)24-18(23)22-11-7-10-15(13-22)17-12-16(20-21-17)14-8-5-4-6-9-14/h4-6,8-9,12,15H,7,10-11,13H2,1-3H3,(H,20,21)/t15-/m0/s1. The van der Waals surface area contributed by atoms with Gasteiger partial charge in [-0.2, -0.15) is 5.10 Å². The fourth-order valence-corrected chi connectivity index (χ4v) is 3.03. The van der Waals surface area contributed by atoms with Crippen molar-refractivity contribution in [3.05, 3.63) is 42.1 Å². The first-order valence-corrected chi connectivity index (χ1v) is 8.51. The number of hydrogen-bond acceptors (Lipinski definition) is 3. The van der Waals surface area contributed by atoms with Crippen LogP contribution in [-0.4, -0.2) is 39.9 Å². The second-order valence-corrected chi connectivity index (χ2v) is 7.34. The Morgan fingerprint density at radius 1 is 1.29 bits per heavy atom. The maximum Gasteiger partial charge on any atom is 0.410 e. The summed E-state index contributed by atoms with van der Waals surface area (Å²) in [5, 5.41) is 7.58. The number of aromatic nitrogens is 2. The van der Waals surface area contributed by atoms with E-state index in [0.717, 1.165) is 36.3 Å². The van der Waals surface area contributed by atoms with Crippen molar-refractivity contribution in [2.75, 3.05) is 13.1 Å². The van der Waals surface area contributed by atoms with Crippen LogP contribution >= 0.6 is 0 Å². The third kappa shape index (κ3) is 3.96. The Morgan fingerprint density at radius 3 is 2.75 bits per heavy atom. The molecule has 128 valence electrons. The van der Waals surface area contributed by atoms with Crippen molar-refractivity contribution in [2.45, 2.75) is 45.1 Å². The number of carbonyl (C=O) groups is 1. The fourth-order valence-electron chi connectivity index (χ4n) is 3.03. The van der Waals surface area contributed by atoms with E-state index in [1.807, 2.05) is 56.0 Å². The second kappa shape index (κ2) is 6.67. The summed E-state index contributed by atoms with van der Waals surface area (Å²) < 4.78 is 5.50. The van der Waals surface area contributed by atoms with Crippen LogP contribution in [0.2, 0.25) is 0 Å². The molecule has 5 heteroatoms. The molecule has 1 N–H and O–H groups in total. The van der Waals surface area contributed by atoms with Crippen LogP contribution in [0, 0.1) is 0 Å². The molecular formula is C19H25N3O2. The number of aromatic amines is 1. The summed E-state index contributed by atoms with van der Waals surface area (Å²) in [6, 6.07) is 12.2. The molecule has 3 rings (SSSR count). The van der Waals surface area contributed by atoms with Gasteiger partial charge in [-0.1, -0.05) is 30.3 Å². The molecule has 1 aromatic heterocycles. The first-order valence-electron chi connectivity index (χ1n) is 8.51. The fraction of sp³-hybridized carbons (Fsp3) is 0.474. The molecule has 1 aliphatic rings. The number of amides is 1. The molecule has 2 aromatic rings. The number of nitrogens with one attached hydrogen (secondary N) is 1. The Bertz CT molecular complexity index is 688. The summed E-state index contributed by atoms with van der Waals surface area (Å²) in [6.07, 6.45) is 1.80. The van der Waals surface area contributed by atoms with E-state index in [1.54, 1.807) is 0 Å². The highest BCUT2D eigenvalue weighted by Gasteiger charge is 2.29. The summed E-state index contributed by atoms with van der Waals surface area (Å²) in [4.78, 5) is 14.1. The van der Waals surface area contributed by atoms with Crippen molar-refractivity contribution < 1.29 is 9.53 Å². The predicted octanol–water partition coefficient (Wildman–Crippen LogP) is 4.19. The Balaban J connectivity index is 1.69. The molecule has 1 aromatic carbocycles.